The Labute approximate surface area is 115 Å². The molecule has 1 atom stereocenters. The normalized spacial score (nSPS) is 21.2. The van der Waals surface area contributed by atoms with Crippen molar-refractivity contribution in [2.45, 2.75) is 18.1 Å². The summed E-state index contributed by atoms with van der Waals surface area (Å²) >= 11 is 5.78. The minimum atomic E-state index is -3.07. The van der Waals surface area contributed by atoms with Crippen molar-refractivity contribution in [2.75, 3.05) is 17.6 Å². The summed E-state index contributed by atoms with van der Waals surface area (Å²) in [5, 5.41) is 13.3. The molecule has 0 aromatic heterocycles. The van der Waals surface area contributed by atoms with E-state index < -0.39 is 20.0 Å². The average Bonchev–Trinajstić information content (AvgIpc) is 2.65. The summed E-state index contributed by atoms with van der Waals surface area (Å²) in [5.41, 5.74) is 0.0270. The number of benzene rings is 1. The van der Waals surface area contributed by atoms with Gasteiger partial charge in [0.15, 0.2) is 9.84 Å². The molecule has 8 heteroatoms. The summed E-state index contributed by atoms with van der Waals surface area (Å²) < 4.78 is 23.3. The van der Waals surface area contributed by atoms with Crippen molar-refractivity contribution >= 4 is 32.8 Å². The van der Waals surface area contributed by atoms with Crippen LogP contribution in [0.1, 0.15) is 12.8 Å². The number of hydrogen-bond donors (Lipinski definition) is 1. The largest absolute Gasteiger partial charge is 0.378 e. The molecule has 104 valence electrons. The fourth-order valence-electron chi connectivity index (χ4n) is 2.15. The van der Waals surface area contributed by atoms with Gasteiger partial charge in [-0.2, -0.15) is 0 Å². The first kappa shape index (κ1) is 14.1. The topological polar surface area (TPSA) is 89.3 Å². The van der Waals surface area contributed by atoms with Crippen LogP contribution in [0.25, 0.3) is 0 Å². The first-order valence-corrected chi connectivity index (χ1v) is 7.89. The maximum atomic E-state index is 11.7. The molecule has 1 heterocycles. The zero-order valence-electron chi connectivity index (χ0n) is 10.0. The van der Waals surface area contributed by atoms with Crippen LogP contribution >= 0.6 is 11.6 Å². The Bertz CT molecular complexity index is 603. The second-order valence-electron chi connectivity index (χ2n) is 4.41. The van der Waals surface area contributed by atoms with E-state index in [-0.39, 0.29) is 28.7 Å². The molecule has 1 aliphatic heterocycles. The fraction of sp³-hybridized carbons (Fsp3) is 0.455. The molecule has 0 spiro atoms. The zero-order chi connectivity index (χ0) is 14.0. The average molecular weight is 305 g/mol. The number of nitro benzene ring substituents is 1. The van der Waals surface area contributed by atoms with Gasteiger partial charge in [-0.05, 0) is 25.0 Å². The summed E-state index contributed by atoms with van der Waals surface area (Å²) in [6.45, 7) is 0.170. The molecule has 0 bridgehead atoms. The van der Waals surface area contributed by atoms with Crippen LogP contribution in [0.15, 0.2) is 18.2 Å². The van der Waals surface area contributed by atoms with Gasteiger partial charge in [0, 0.05) is 6.54 Å². The maximum absolute atomic E-state index is 11.7. The van der Waals surface area contributed by atoms with Gasteiger partial charge in [-0.1, -0.05) is 17.7 Å². The highest BCUT2D eigenvalue weighted by molar-refractivity contribution is 7.92. The van der Waals surface area contributed by atoms with Crippen molar-refractivity contribution in [3.05, 3.63) is 33.3 Å². The van der Waals surface area contributed by atoms with E-state index in [0.717, 1.165) is 0 Å². The number of halogens is 1. The van der Waals surface area contributed by atoms with Gasteiger partial charge in [-0.25, -0.2) is 8.42 Å². The molecule has 0 saturated carbocycles. The van der Waals surface area contributed by atoms with Crippen LogP contribution in [0.3, 0.4) is 0 Å². The number of hydrogen-bond acceptors (Lipinski definition) is 5. The molecule has 1 fully saturated rings. The van der Waals surface area contributed by atoms with Crippen molar-refractivity contribution in [2.24, 2.45) is 0 Å². The molecule has 0 aliphatic carbocycles. The standard InChI is InChI=1S/C11H13ClN2O4S/c12-9-4-1-5-10(11(9)14(15)16)13-7-8-3-2-6-19(8,17)18/h1,4-5,8,13H,2-3,6-7H2. The Morgan fingerprint density at radius 1 is 1.47 bits per heavy atom. The Balaban J connectivity index is 2.16. The lowest BCUT2D eigenvalue weighted by atomic mass is 10.2. The first-order chi connectivity index (χ1) is 8.92. The molecule has 6 nitrogen and oxygen atoms in total. The lowest BCUT2D eigenvalue weighted by Crippen LogP contribution is -2.25. The SMILES string of the molecule is O=[N+]([O-])c1c(Cl)cccc1NCC1CCCS1(=O)=O. The third kappa shape index (κ3) is 2.98. The second-order valence-corrected chi connectivity index (χ2v) is 7.21. The van der Waals surface area contributed by atoms with Gasteiger partial charge in [0.25, 0.3) is 0 Å². The molecule has 19 heavy (non-hydrogen) atoms. The molecule has 2 rings (SSSR count). The van der Waals surface area contributed by atoms with Crippen LogP contribution < -0.4 is 5.32 Å². The molecule has 1 N–H and O–H groups in total. The van der Waals surface area contributed by atoms with E-state index in [9.17, 15) is 18.5 Å². The van der Waals surface area contributed by atoms with Gasteiger partial charge < -0.3 is 5.32 Å². The van der Waals surface area contributed by atoms with Gasteiger partial charge in [-0.15, -0.1) is 0 Å². The number of nitro groups is 1. The first-order valence-electron chi connectivity index (χ1n) is 5.80. The monoisotopic (exact) mass is 304 g/mol. The third-order valence-electron chi connectivity index (χ3n) is 3.15. The van der Waals surface area contributed by atoms with Crippen LogP contribution in [0.5, 0.6) is 0 Å². The van der Waals surface area contributed by atoms with Crippen LogP contribution in [-0.4, -0.2) is 30.9 Å². The highest BCUT2D eigenvalue weighted by Gasteiger charge is 2.31. The van der Waals surface area contributed by atoms with Crippen LogP contribution in [0.4, 0.5) is 11.4 Å². The van der Waals surface area contributed by atoms with Gasteiger partial charge in [0.05, 0.1) is 15.9 Å². The minimum Gasteiger partial charge on any atom is -0.378 e. The summed E-state index contributed by atoms with van der Waals surface area (Å²) in [7, 11) is -3.07. The number of rotatable bonds is 4. The number of para-hydroxylation sites is 1. The van der Waals surface area contributed by atoms with E-state index >= 15 is 0 Å². The third-order valence-corrected chi connectivity index (χ3v) is 5.73. The van der Waals surface area contributed by atoms with E-state index in [4.69, 9.17) is 11.6 Å². The molecule has 1 aromatic rings. The van der Waals surface area contributed by atoms with E-state index in [1.54, 1.807) is 6.07 Å². The summed E-state index contributed by atoms with van der Waals surface area (Å²) in [5.74, 6) is 0.191. The van der Waals surface area contributed by atoms with Crippen molar-refractivity contribution in [1.29, 1.82) is 0 Å². The van der Waals surface area contributed by atoms with Gasteiger partial charge in [-0.3, -0.25) is 10.1 Å². The van der Waals surface area contributed by atoms with E-state index in [1.807, 2.05) is 0 Å². The Kier molecular flexibility index (Phi) is 3.96. The number of nitrogens with zero attached hydrogens (tertiary/aromatic N) is 1. The van der Waals surface area contributed by atoms with Gasteiger partial charge in [0.1, 0.15) is 10.7 Å². The highest BCUT2D eigenvalue weighted by atomic mass is 35.5. The summed E-state index contributed by atoms with van der Waals surface area (Å²) in [6, 6.07) is 4.53. The molecule has 0 amide bonds. The predicted molar refractivity (Wildman–Crippen MR) is 73.4 cm³/mol. The zero-order valence-corrected chi connectivity index (χ0v) is 11.6. The lowest BCUT2D eigenvalue weighted by molar-refractivity contribution is -0.383. The van der Waals surface area contributed by atoms with Crippen molar-refractivity contribution < 1.29 is 13.3 Å². The molecule has 0 radical (unpaired) electrons. The molecular weight excluding hydrogens is 292 g/mol. The quantitative estimate of drug-likeness (QED) is 0.680. The Morgan fingerprint density at radius 3 is 2.79 bits per heavy atom. The van der Waals surface area contributed by atoms with Crippen molar-refractivity contribution in [3.63, 3.8) is 0 Å². The van der Waals surface area contributed by atoms with Crippen LogP contribution in [-0.2, 0) is 9.84 Å². The number of nitrogens with one attached hydrogen (secondary N) is 1. The molecule has 1 unspecified atom stereocenters. The van der Waals surface area contributed by atoms with Crippen LogP contribution in [0, 0.1) is 10.1 Å². The predicted octanol–water partition coefficient (Wildman–Crippen LogP) is 2.24. The van der Waals surface area contributed by atoms with E-state index in [1.165, 1.54) is 12.1 Å². The molecule has 1 aromatic carbocycles. The van der Waals surface area contributed by atoms with Crippen molar-refractivity contribution in [3.8, 4) is 0 Å². The Morgan fingerprint density at radius 2 is 2.21 bits per heavy atom. The van der Waals surface area contributed by atoms with E-state index in [0.29, 0.717) is 12.8 Å². The smallest absolute Gasteiger partial charge is 0.310 e. The van der Waals surface area contributed by atoms with Gasteiger partial charge in [0.2, 0.25) is 0 Å². The van der Waals surface area contributed by atoms with Gasteiger partial charge >= 0.3 is 5.69 Å². The van der Waals surface area contributed by atoms with Crippen LogP contribution in [0.2, 0.25) is 5.02 Å². The Hall–Kier alpha value is -1.34. The summed E-state index contributed by atoms with van der Waals surface area (Å²) in [4.78, 5) is 10.4. The van der Waals surface area contributed by atoms with E-state index in [2.05, 4.69) is 5.32 Å². The molecule has 1 saturated heterocycles. The number of sulfone groups is 1. The second kappa shape index (κ2) is 5.34. The minimum absolute atomic E-state index is 0.0317. The number of anilines is 1. The summed E-state index contributed by atoms with van der Waals surface area (Å²) in [6.07, 6.45) is 1.23. The lowest BCUT2D eigenvalue weighted by Gasteiger charge is -2.12. The fourth-order valence-corrected chi connectivity index (χ4v) is 4.16. The van der Waals surface area contributed by atoms with Crippen molar-refractivity contribution in [1.82, 2.24) is 0 Å². The maximum Gasteiger partial charge on any atom is 0.310 e. The highest BCUT2D eigenvalue weighted by Crippen LogP contribution is 2.32. The molecular formula is C11H13ClN2O4S. The molecule has 1 aliphatic rings.